The maximum atomic E-state index is 13.0. The van der Waals surface area contributed by atoms with Crippen molar-refractivity contribution in [3.8, 4) is 0 Å². The quantitative estimate of drug-likeness (QED) is 0.816. The van der Waals surface area contributed by atoms with Crippen LogP contribution < -0.4 is 5.32 Å². The van der Waals surface area contributed by atoms with Crippen LogP contribution in [0.4, 0.5) is 4.39 Å². The minimum atomic E-state index is -0.165. The van der Waals surface area contributed by atoms with Crippen molar-refractivity contribution < 1.29 is 4.39 Å². The molecule has 0 fully saturated rings. The fraction of sp³-hybridized carbons (Fsp3) is 0.538. The fourth-order valence-corrected chi connectivity index (χ4v) is 2.33. The molecule has 0 amide bonds. The van der Waals surface area contributed by atoms with Crippen molar-refractivity contribution in [3.63, 3.8) is 0 Å². The van der Waals surface area contributed by atoms with Crippen molar-refractivity contribution in [2.45, 2.75) is 32.9 Å². The summed E-state index contributed by atoms with van der Waals surface area (Å²) in [7, 11) is 0. The number of benzene rings is 1. The van der Waals surface area contributed by atoms with Crippen molar-refractivity contribution >= 4 is 11.8 Å². The van der Waals surface area contributed by atoms with Crippen LogP contribution in [-0.2, 0) is 0 Å². The lowest BCUT2D eigenvalue weighted by Crippen LogP contribution is -2.30. The summed E-state index contributed by atoms with van der Waals surface area (Å²) in [4.78, 5) is 0. The highest BCUT2D eigenvalue weighted by Gasteiger charge is 2.09. The first-order valence-electron chi connectivity index (χ1n) is 5.72. The van der Waals surface area contributed by atoms with Crippen molar-refractivity contribution in [1.29, 1.82) is 0 Å². The Balaban J connectivity index is 2.48. The number of hydrogen-bond acceptors (Lipinski definition) is 2. The highest BCUT2D eigenvalue weighted by atomic mass is 32.2. The third-order valence-corrected chi connectivity index (χ3v) is 3.60. The molecule has 16 heavy (non-hydrogen) atoms. The van der Waals surface area contributed by atoms with E-state index in [9.17, 15) is 4.39 Å². The van der Waals surface area contributed by atoms with E-state index < -0.39 is 0 Å². The smallest absolute Gasteiger partial charge is 0.123 e. The molecule has 0 aromatic heterocycles. The summed E-state index contributed by atoms with van der Waals surface area (Å²) in [6.07, 6.45) is 0. The Morgan fingerprint density at radius 3 is 2.75 bits per heavy atom. The standard InChI is InChI=1S/C13H20FNS/c1-4-16-9-10(2)15-11(3)12-6-5-7-13(14)8-12/h5-8,10-11,15H,4,9H2,1-3H3. The number of nitrogens with one attached hydrogen (secondary N) is 1. The van der Waals surface area contributed by atoms with E-state index >= 15 is 0 Å². The molecule has 1 aromatic rings. The van der Waals surface area contributed by atoms with Crippen LogP contribution >= 0.6 is 11.8 Å². The van der Waals surface area contributed by atoms with E-state index in [4.69, 9.17) is 0 Å². The van der Waals surface area contributed by atoms with Crippen molar-refractivity contribution in [1.82, 2.24) is 5.32 Å². The Kier molecular flexibility index (Phi) is 5.85. The van der Waals surface area contributed by atoms with Gasteiger partial charge < -0.3 is 5.32 Å². The second-order valence-corrected chi connectivity index (χ2v) is 5.32. The largest absolute Gasteiger partial charge is 0.307 e. The fourth-order valence-electron chi connectivity index (χ4n) is 1.64. The van der Waals surface area contributed by atoms with Gasteiger partial charge in [-0.3, -0.25) is 0 Å². The molecule has 2 unspecified atom stereocenters. The Morgan fingerprint density at radius 1 is 1.38 bits per heavy atom. The predicted octanol–water partition coefficient (Wildman–Crippen LogP) is 3.62. The van der Waals surface area contributed by atoms with E-state index in [-0.39, 0.29) is 11.9 Å². The van der Waals surface area contributed by atoms with Crippen LogP contribution in [0, 0.1) is 5.82 Å². The minimum Gasteiger partial charge on any atom is -0.307 e. The zero-order valence-electron chi connectivity index (χ0n) is 10.2. The van der Waals surface area contributed by atoms with Gasteiger partial charge in [0.1, 0.15) is 5.82 Å². The average Bonchev–Trinajstić information content (AvgIpc) is 2.26. The van der Waals surface area contributed by atoms with Gasteiger partial charge in [-0.2, -0.15) is 11.8 Å². The lowest BCUT2D eigenvalue weighted by atomic mass is 10.1. The molecule has 2 atom stereocenters. The summed E-state index contributed by atoms with van der Waals surface area (Å²) < 4.78 is 13.0. The molecule has 1 nitrogen and oxygen atoms in total. The van der Waals surface area contributed by atoms with Gasteiger partial charge in [0.05, 0.1) is 0 Å². The van der Waals surface area contributed by atoms with Gasteiger partial charge in [-0.25, -0.2) is 4.39 Å². The van der Waals surface area contributed by atoms with Crippen molar-refractivity contribution in [2.75, 3.05) is 11.5 Å². The third kappa shape index (κ3) is 4.54. The van der Waals surface area contributed by atoms with Gasteiger partial charge in [-0.15, -0.1) is 0 Å². The molecule has 0 radical (unpaired) electrons. The van der Waals surface area contributed by atoms with E-state index in [0.29, 0.717) is 6.04 Å². The first kappa shape index (κ1) is 13.5. The molecule has 1 N–H and O–H groups in total. The van der Waals surface area contributed by atoms with Gasteiger partial charge in [0, 0.05) is 17.8 Å². The van der Waals surface area contributed by atoms with Crippen LogP contribution in [0.5, 0.6) is 0 Å². The summed E-state index contributed by atoms with van der Waals surface area (Å²) in [5, 5.41) is 3.47. The summed E-state index contributed by atoms with van der Waals surface area (Å²) >= 11 is 1.92. The van der Waals surface area contributed by atoms with Crippen molar-refractivity contribution in [2.24, 2.45) is 0 Å². The number of hydrogen-bond donors (Lipinski definition) is 1. The predicted molar refractivity (Wildman–Crippen MR) is 70.4 cm³/mol. The maximum Gasteiger partial charge on any atom is 0.123 e. The first-order valence-corrected chi connectivity index (χ1v) is 6.88. The molecule has 0 heterocycles. The lowest BCUT2D eigenvalue weighted by Gasteiger charge is -2.20. The molecule has 0 aliphatic heterocycles. The molecule has 0 bridgehead atoms. The molecule has 90 valence electrons. The van der Waals surface area contributed by atoms with Crippen molar-refractivity contribution in [3.05, 3.63) is 35.6 Å². The Morgan fingerprint density at radius 2 is 2.12 bits per heavy atom. The van der Waals surface area contributed by atoms with Crippen LogP contribution in [0.15, 0.2) is 24.3 Å². The highest BCUT2D eigenvalue weighted by Crippen LogP contribution is 2.15. The summed E-state index contributed by atoms with van der Waals surface area (Å²) in [5.41, 5.74) is 1.01. The number of rotatable bonds is 6. The Bertz CT molecular complexity index is 317. The molecule has 0 spiro atoms. The topological polar surface area (TPSA) is 12.0 Å². The van der Waals surface area contributed by atoms with Gasteiger partial charge in [0.2, 0.25) is 0 Å². The highest BCUT2D eigenvalue weighted by molar-refractivity contribution is 7.99. The molecular formula is C13H20FNS. The minimum absolute atomic E-state index is 0.165. The van der Waals surface area contributed by atoms with E-state index in [1.165, 1.54) is 6.07 Å². The molecule has 1 aromatic carbocycles. The lowest BCUT2D eigenvalue weighted by molar-refractivity contribution is 0.508. The molecular weight excluding hydrogens is 221 g/mol. The van der Waals surface area contributed by atoms with E-state index in [2.05, 4.69) is 26.1 Å². The van der Waals surface area contributed by atoms with Gasteiger partial charge in [0.25, 0.3) is 0 Å². The third-order valence-electron chi connectivity index (χ3n) is 2.46. The monoisotopic (exact) mass is 241 g/mol. The zero-order valence-corrected chi connectivity index (χ0v) is 11.0. The second kappa shape index (κ2) is 6.92. The number of thioether (sulfide) groups is 1. The van der Waals surface area contributed by atoms with Crippen LogP contribution in [0.1, 0.15) is 32.4 Å². The molecule has 1 rings (SSSR count). The Labute approximate surface area is 102 Å². The molecule has 3 heteroatoms. The van der Waals surface area contributed by atoms with Gasteiger partial charge in [0.15, 0.2) is 0 Å². The summed E-state index contributed by atoms with van der Waals surface area (Å²) in [5.74, 6) is 2.07. The van der Waals surface area contributed by atoms with Crippen LogP contribution in [-0.4, -0.2) is 17.5 Å². The SMILES string of the molecule is CCSCC(C)NC(C)c1cccc(F)c1. The second-order valence-electron chi connectivity index (χ2n) is 4.00. The number of halogens is 1. The summed E-state index contributed by atoms with van der Waals surface area (Å²) in [6, 6.07) is 7.44. The van der Waals surface area contributed by atoms with Gasteiger partial charge in [-0.05, 0) is 37.3 Å². The molecule has 0 aliphatic carbocycles. The Hall–Kier alpha value is -0.540. The molecule has 0 saturated carbocycles. The van der Waals surface area contributed by atoms with Crippen LogP contribution in [0.3, 0.4) is 0 Å². The zero-order chi connectivity index (χ0) is 12.0. The molecule has 0 aliphatic rings. The average molecular weight is 241 g/mol. The van der Waals surface area contributed by atoms with E-state index in [1.807, 2.05) is 17.8 Å². The van der Waals surface area contributed by atoms with Crippen LogP contribution in [0.25, 0.3) is 0 Å². The molecule has 0 saturated heterocycles. The van der Waals surface area contributed by atoms with E-state index in [0.717, 1.165) is 17.1 Å². The summed E-state index contributed by atoms with van der Waals surface area (Å²) in [6.45, 7) is 6.40. The van der Waals surface area contributed by atoms with Gasteiger partial charge >= 0.3 is 0 Å². The van der Waals surface area contributed by atoms with Gasteiger partial charge in [-0.1, -0.05) is 19.1 Å². The van der Waals surface area contributed by atoms with E-state index in [1.54, 1.807) is 12.1 Å². The first-order chi connectivity index (χ1) is 7.63. The normalized spacial score (nSPS) is 14.8. The maximum absolute atomic E-state index is 13.0. The van der Waals surface area contributed by atoms with Crippen LogP contribution in [0.2, 0.25) is 0 Å².